The molecule has 6 nitrogen and oxygen atoms in total. The molecule has 3 aromatic rings. The van der Waals surface area contributed by atoms with Gasteiger partial charge in [-0.3, -0.25) is 4.79 Å². The van der Waals surface area contributed by atoms with Crippen LogP contribution in [0.25, 0.3) is 10.9 Å². The van der Waals surface area contributed by atoms with Gasteiger partial charge in [0.05, 0.1) is 6.61 Å². The lowest BCUT2D eigenvalue weighted by atomic mass is 10.1. The van der Waals surface area contributed by atoms with E-state index in [9.17, 15) is 4.79 Å². The summed E-state index contributed by atoms with van der Waals surface area (Å²) in [4.78, 5) is 15.4. The number of hydrogen-bond donors (Lipinski definition) is 3. The average Bonchev–Trinajstić information content (AvgIpc) is 3.14. The zero-order valence-corrected chi connectivity index (χ0v) is 19.9. The number of ether oxygens (including phenoxy) is 2. The van der Waals surface area contributed by atoms with Crippen molar-refractivity contribution in [3.63, 3.8) is 0 Å². The molecule has 3 N–H and O–H groups in total. The Morgan fingerprint density at radius 3 is 2.59 bits per heavy atom. The molecule has 172 valence electrons. The van der Waals surface area contributed by atoms with Crippen molar-refractivity contribution < 1.29 is 14.3 Å². The number of H-pyrrole nitrogens is 1. The molecule has 2 aromatic carbocycles. The summed E-state index contributed by atoms with van der Waals surface area (Å²) in [6, 6.07) is 11.9. The van der Waals surface area contributed by atoms with Crippen LogP contribution in [0, 0.1) is 0 Å². The van der Waals surface area contributed by atoms with Crippen molar-refractivity contribution in [1.82, 2.24) is 15.6 Å². The molecule has 1 amide bonds. The lowest BCUT2D eigenvalue weighted by Gasteiger charge is -2.21. The molecule has 0 aliphatic heterocycles. The molecule has 7 heteroatoms. The molecule has 0 aliphatic carbocycles. The number of aromatic amines is 1. The number of nitrogens with one attached hydrogen (secondary N) is 3. The van der Waals surface area contributed by atoms with E-state index in [0.29, 0.717) is 29.7 Å². The van der Waals surface area contributed by atoms with Crippen molar-refractivity contribution in [2.45, 2.75) is 46.2 Å². The minimum Gasteiger partial charge on any atom is -0.490 e. The monoisotopic (exact) mass is 457 g/mol. The van der Waals surface area contributed by atoms with Gasteiger partial charge in [-0.25, -0.2) is 0 Å². The Kier molecular flexibility index (Phi) is 8.04. The smallest absolute Gasteiger partial charge is 0.258 e. The number of rotatable bonds is 10. The van der Waals surface area contributed by atoms with Crippen molar-refractivity contribution in [3.8, 4) is 11.5 Å². The molecule has 0 aliphatic rings. The van der Waals surface area contributed by atoms with E-state index < -0.39 is 0 Å². The van der Waals surface area contributed by atoms with E-state index in [2.05, 4.69) is 40.0 Å². The highest BCUT2D eigenvalue weighted by Gasteiger charge is 2.16. The van der Waals surface area contributed by atoms with E-state index in [4.69, 9.17) is 21.1 Å². The maximum Gasteiger partial charge on any atom is 0.258 e. The van der Waals surface area contributed by atoms with Crippen LogP contribution in [0.2, 0.25) is 5.02 Å². The summed E-state index contributed by atoms with van der Waals surface area (Å²) in [7, 11) is 0. The largest absolute Gasteiger partial charge is 0.490 e. The zero-order chi connectivity index (χ0) is 23.1. The molecule has 3 rings (SSSR count). The van der Waals surface area contributed by atoms with Gasteiger partial charge in [0, 0.05) is 40.3 Å². The fourth-order valence-electron chi connectivity index (χ4n) is 3.48. The van der Waals surface area contributed by atoms with Crippen LogP contribution in [0.5, 0.6) is 11.5 Å². The minimum atomic E-state index is -0.316. The van der Waals surface area contributed by atoms with Crippen molar-refractivity contribution >= 4 is 28.4 Å². The van der Waals surface area contributed by atoms with E-state index in [1.54, 1.807) is 6.07 Å². The number of carbonyl (C=O) groups is 1. The predicted molar refractivity (Wildman–Crippen MR) is 130 cm³/mol. The van der Waals surface area contributed by atoms with Gasteiger partial charge in [0.15, 0.2) is 18.1 Å². The fraction of sp³-hybridized carbons (Fsp3) is 0.400. The van der Waals surface area contributed by atoms with E-state index in [1.807, 2.05) is 39.8 Å². The van der Waals surface area contributed by atoms with E-state index in [1.165, 1.54) is 10.9 Å². The van der Waals surface area contributed by atoms with Crippen molar-refractivity contribution in [1.29, 1.82) is 0 Å². The molecule has 1 heterocycles. The molecule has 32 heavy (non-hydrogen) atoms. The summed E-state index contributed by atoms with van der Waals surface area (Å²) in [6.45, 7) is 9.48. The molecular formula is C25H32ClN3O3. The third kappa shape index (κ3) is 6.65. The van der Waals surface area contributed by atoms with Crippen LogP contribution in [0.1, 0.15) is 38.8 Å². The third-order valence-electron chi connectivity index (χ3n) is 4.85. The number of benzene rings is 2. The maximum atomic E-state index is 12.1. The number of para-hydroxylation sites is 1. The van der Waals surface area contributed by atoms with Crippen LogP contribution in [0.15, 0.2) is 42.6 Å². The number of amides is 1. The molecule has 0 spiro atoms. The van der Waals surface area contributed by atoms with Crippen LogP contribution in [0.3, 0.4) is 0 Å². The second-order valence-electron chi connectivity index (χ2n) is 8.70. The molecular weight excluding hydrogens is 426 g/mol. The lowest BCUT2D eigenvalue weighted by molar-refractivity contribution is -0.124. The van der Waals surface area contributed by atoms with Crippen molar-refractivity contribution in [3.05, 3.63) is 58.7 Å². The van der Waals surface area contributed by atoms with Gasteiger partial charge in [0.25, 0.3) is 5.91 Å². The normalized spacial score (nSPS) is 11.5. The molecule has 0 atom stereocenters. The maximum absolute atomic E-state index is 12.1. The first-order valence-electron chi connectivity index (χ1n) is 10.9. The first kappa shape index (κ1) is 24.0. The standard InChI is InChI=1S/C25H32ClN3O3/c1-5-31-22-12-18(20(26)13-23(22)32-16-24(30)29-25(2,3)4)14-27-11-10-17-15-28-21-9-7-6-8-19(17)21/h6-9,12-13,15,27-28H,5,10-11,14,16H2,1-4H3,(H,29,30). The number of carbonyl (C=O) groups excluding carboxylic acids is 1. The Morgan fingerprint density at radius 1 is 1.09 bits per heavy atom. The van der Waals surface area contributed by atoms with Gasteiger partial charge in [-0.2, -0.15) is 0 Å². The second-order valence-corrected chi connectivity index (χ2v) is 9.10. The first-order chi connectivity index (χ1) is 15.3. The number of halogens is 1. The zero-order valence-electron chi connectivity index (χ0n) is 19.2. The van der Waals surface area contributed by atoms with Crippen LogP contribution in [-0.2, 0) is 17.8 Å². The van der Waals surface area contributed by atoms with E-state index >= 15 is 0 Å². The van der Waals surface area contributed by atoms with Gasteiger partial charge in [-0.15, -0.1) is 0 Å². The third-order valence-corrected chi connectivity index (χ3v) is 5.20. The molecule has 0 saturated heterocycles. The Bertz CT molecular complexity index is 1060. The quantitative estimate of drug-likeness (QED) is 0.380. The Hall–Kier alpha value is -2.70. The number of aromatic nitrogens is 1. The van der Waals surface area contributed by atoms with Gasteiger partial charge in [-0.1, -0.05) is 29.8 Å². The van der Waals surface area contributed by atoms with Gasteiger partial charge in [-0.05, 0) is 63.9 Å². The summed E-state index contributed by atoms with van der Waals surface area (Å²) in [5.41, 5.74) is 3.04. The highest BCUT2D eigenvalue weighted by Crippen LogP contribution is 2.33. The number of fused-ring (bicyclic) bond motifs is 1. The highest BCUT2D eigenvalue weighted by molar-refractivity contribution is 6.31. The van der Waals surface area contributed by atoms with E-state index in [0.717, 1.165) is 24.0 Å². The van der Waals surface area contributed by atoms with Crippen LogP contribution >= 0.6 is 11.6 Å². The summed E-state index contributed by atoms with van der Waals surface area (Å²) in [5.74, 6) is 0.844. The Labute approximate surface area is 194 Å². The first-order valence-corrected chi connectivity index (χ1v) is 11.3. The van der Waals surface area contributed by atoms with Gasteiger partial charge >= 0.3 is 0 Å². The van der Waals surface area contributed by atoms with Crippen molar-refractivity contribution in [2.75, 3.05) is 19.8 Å². The van der Waals surface area contributed by atoms with Gasteiger partial charge < -0.3 is 25.1 Å². The number of hydrogen-bond acceptors (Lipinski definition) is 4. The Balaban J connectivity index is 1.59. The fourth-order valence-corrected chi connectivity index (χ4v) is 3.70. The topological polar surface area (TPSA) is 75.4 Å². The van der Waals surface area contributed by atoms with E-state index in [-0.39, 0.29) is 18.1 Å². The van der Waals surface area contributed by atoms with Gasteiger partial charge in [0.2, 0.25) is 0 Å². The van der Waals surface area contributed by atoms with Gasteiger partial charge in [0.1, 0.15) is 0 Å². The minimum absolute atomic E-state index is 0.101. The lowest BCUT2D eigenvalue weighted by Crippen LogP contribution is -2.43. The molecule has 0 saturated carbocycles. The van der Waals surface area contributed by atoms with Crippen LogP contribution in [-0.4, -0.2) is 36.2 Å². The molecule has 0 radical (unpaired) electrons. The summed E-state index contributed by atoms with van der Waals surface area (Å²) >= 11 is 6.50. The Morgan fingerprint density at radius 2 is 1.84 bits per heavy atom. The molecule has 0 unspecified atom stereocenters. The SMILES string of the molecule is CCOc1cc(CNCCc2c[nH]c3ccccc23)c(Cl)cc1OCC(=O)NC(C)(C)C. The second kappa shape index (κ2) is 10.7. The molecule has 0 fully saturated rings. The molecule has 1 aromatic heterocycles. The summed E-state index contributed by atoms with van der Waals surface area (Å²) in [5, 5.41) is 8.15. The summed E-state index contributed by atoms with van der Waals surface area (Å²) < 4.78 is 11.4. The summed E-state index contributed by atoms with van der Waals surface area (Å²) in [6.07, 6.45) is 2.97. The average molecular weight is 458 g/mol. The predicted octanol–water partition coefficient (Wildman–Crippen LogP) is 4.85. The van der Waals surface area contributed by atoms with Crippen LogP contribution < -0.4 is 20.1 Å². The van der Waals surface area contributed by atoms with Crippen LogP contribution in [0.4, 0.5) is 0 Å². The highest BCUT2D eigenvalue weighted by atomic mass is 35.5. The molecule has 0 bridgehead atoms. The van der Waals surface area contributed by atoms with Crippen molar-refractivity contribution in [2.24, 2.45) is 0 Å².